The lowest BCUT2D eigenvalue weighted by atomic mass is 10.1. The molecular weight excluding hydrogens is 262 g/mol. The summed E-state index contributed by atoms with van der Waals surface area (Å²) >= 11 is 1.58. The van der Waals surface area contributed by atoms with E-state index in [1.165, 1.54) is 0 Å². The Bertz CT molecular complexity index is 575. The van der Waals surface area contributed by atoms with E-state index in [2.05, 4.69) is 0 Å². The van der Waals surface area contributed by atoms with Gasteiger partial charge in [-0.05, 0) is 25.3 Å². The summed E-state index contributed by atoms with van der Waals surface area (Å²) in [5, 5.41) is 1.87. The molecule has 19 heavy (non-hydrogen) atoms. The molecule has 0 aromatic carbocycles. The third kappa shape index (κ3) is 2.02. The minimum absolute atomic E-state index is 0.00417. The number of Topliss-reactive ketones (excluding diaryl/α,β-unsaturated/α-hetero) is 2. The van der Waals surface area contributed by atoms with Crippen molar-refractivity contribution in [2.24, 2.45) is 0 Å². The minimum Gasteiger partial charge on any atom is -0.324 e. The second kappa shape index (κ2) is 4.56. The van der Waals surface area contributed by atoms with Crippen LogP contribution in [0.5, 0.6) is 0 Å². The van der Waals surface area contributed by atoms with Crippen molar-refractivity contribution in [2.75, 3.05) is 0 Å². The molecule has 3 rings (SSSR count). The molecule has 0 spiro atoms. The largest absolute Gasteiger partial charge is 0.324 e. The summed E-state index contributed by atoms with van der Waals surface area (Å²) in [6, 6.07) is -0.407. The molecular formula is C14H15NO3S. The maximum Gasteiger partial charge on any atom is 0.255 e. The molecule has 1 saturated carbocycles. The second-order valence-electron chi connectivity index (χ2n) is 5.21. The van der Waals surface area contributed by atoms with Gasteiger partial charge in [0, 0.05) is 23.2 Å². The zero-order chi connectivity index (χ0) is 13.6. The van der Waals surface area contributed by atoms with E-state index < -0.39 is 6.04 Å². The highest BCUT2D eigenvalue weighted by molar-refractivity contribution is 7.10. The number of thiophene rings is 1. The maximum absolute atomic E-state index is 12.3. The summed E-state index contributed by atoms with van der Waals surface area (Å²) in [5.41, 5.74) is 1.80. The Kier molecular flexibility index (Phi) is 3.01. The fourth-order valence-electron chi connectivity index (χ4n) is 2.89. The lowest BCUT2D eigenvalue weighted by Crippen LogP contribution is -2.41. The molecule has 1 aromatic heterocycles. The number of carbonyl (C=O) groups excluding carboxylic acids is 3. The van der Waals surface area contributed by atoms with Crippen LogP contribution >= 0.6 is 11.3 Å². The first-order valence-corrected chi connectivity index (χ1v) is 7.38. The SMILES string of the molecule is Cc1scc2c1CN(C1CCCC(=O)CC1=O)C2=O. The van der Waals surface area contributed by atoms with Crippen LogP contribution in [0.1, 0.15) is 46.5 Å². The molecule has 0 radical (unpaired) electrons. The van der Waals surface area contributed by atoms with Crippen LogP contribution in [-0.2, 0) is 16.1 Å². The molecule has 1 aliphatic heterocycles. The number of rotatable bonds is 1. The van der Waals surface area contributed by atoms with Crippen molar-refractivity contribution < 1.29 is 14.4 Å². The molecule has 4 nitrogen and oxygen atoms in total. The lowest BCUT2D eigenvalue weighted by molar-refractivity contribution is -0.128. The molecule has 1 atom stereocenters. The van der Waals surface area contributed by atoms with Crippen LogP contribution in [0.25, 0.3) is 0 Å². The zero-order valence-electron chi connectivity index (χ0n) is 10.8. The molecule has 0 saturated heterocycles. The van der Waals surface area contributed by atoms with Crippen LogP contribution in [-0.4, -0.2) is 28.4 Å². The van der Waals surface area contributed by atoms with E-state index >= 15 is 0 Å². The van der Waals surface area contributed by atoms with Crippen LogP contribution in [0.3, 0.4) is 0 Å². The highest BCUT2D eigenvalue weighted by Crippen LogP contribution is 2.33. The van der Waals surface area contributed by atoms with E-state index in [0.29, 0.717) is 25.8 Å². The summed E-state index contributed by atoms with van der Waals surface area (Å²) < 4.78 is 0. The molecule has 2 aliphatic rings. The summed E-state index contributed by atoms with van der Waals surface area (Å²) in [6.45, 7) is 2.52. The van der Waals surface area contributed by atoms with Crippen LogP contribution in [0, 0.1) is 6.92 Å². The quantitative estimate of drug-likeness (QED) is 0.583. The van der Waals surface area contributed by atoms with Gasteiger partial charge in [-0.3, -0.25) is 14.4 Å². The molecule has 1 fully saturated rings. The second-order valence-corrected chi connectivity index (χ2v) is 6.29. The van der Waals surface area contributed by atoms with Crippen molar-refractivity contribution in [2.45, 2.75) is 45.2 Å². The van der Waals surface area contributed by atoms with Gasteiger partial charge in [-0.2, -0.15) is 0 Å². The molecule has 0 bridgehead atoms. The number of hydrogen-bond acceptors (Lipinski definition) is 4. The maximum atomic E-state index is 12.3. The normalized spacial score (nSPS) is 23.7. The Morgan fingerprint density at radius 3 is 2.84 bits per heavy atom. The highest BCUT2D eigenvalue weighted by atomic mass is 32.1. The third-order valence-corrected chi connectivity index (χ3v) is 4.93. The van der Waals surface area contributed by atoms with Gasteiger partial charge >= 0.3 is 0 Å². The van der Waals surface area contributed by atoms with E-state index in [0.717, 1.165) is 16.0 Å². The smallest absolute Gasteiger partial charge is 0.255 e. The topological polar surface area (TPSA) is 54.5 Å². The average molecular weight is 277 g/mol. The Labute approximate surface area is 115 Å². The van der Waals surface area contributed by atoms with Crippen molar-refractivity contribution >= 4 is 28.8 Å². The molecule has 1 amide bonds. The summed E-state index contributed by atoms with van der Waals surface area (Å²) in [7, 11) is 0. The number of amides is 1. The Morgan fingerprint density at radius 2 is 2.11 bits per heavy atom. The van der Waals surface area contributed by atoms with Crippen molar-refractivity contribution in [1.29, 1.82) is 0 Å². The van der Waals surface area contributed by atoms with Crippen molar-refractivity contribution in [1.82, 2.24) is 4.90 Å². The summed E-state index contributed by atoms with van der Waals surface area (Å²) in [6.07, 6.45) is 1.76. The number of ketones is 2. The van der Waals surface area contributed by atoms with Crippen molar-refractivity contribution in [3.8, 4) is 0 Å². The predicted molar refractivity (Wildman–Crippen MR) is 71.2 cm³/mol. The van der Waals surface area contributed by atoms with Gasteiger partial charge in [0.2, 0.25) is 0 Å². The van der Waals surface area contributed by atoms with Gasteiger partial charge < -0.3 is 4.90 Å². The lowest BCUT2D eigenvalue weighted by Gasteiger charge is -2.25. The first-order valence-electron chi connectivity index (χ1n) is 6.50. The Morgan fingerprint density at radius 1 is 1.32 bits per heavy atom. The van der Waals surface area contributed by atoms with Crippen molar-refractivity contribution in [3.05, 3.63) is 21.4 Å². The number of carbonyl (C=O) groups is 3. The predicted octanol–water partition coefficient (Wildman–Crippen LogP) is 2.09. The van der Waals surface area contributed by atoms with Gasteiger partial charge in [0.1, 0.15) is 5.78 Å². The molecule has 2 heterocycles. The molecule has 1 aromatic rings. The number of nitrogens with zero attached hydrogens (tertiary/aromatic N) is 1. The molecule has 100 valence electrons. The van der Waals surface area contributed by atoms with Gasteiger partial charge in [0.25, 0.3) is 5.91 Å². The monoisotopic (exact) mass is 277 g/mol. The fraction of sp³-hybridized carbons (Fsp3) is 0.500. The van der Waals surface area contributed by atoms with Gasteiger partial charge in [-0.25, -0.2) is 0 Å². The van der Waals surface area contributed by atoms with E-state index in [1.807, 2.05) is 12.3 Å². The standard InChI is InChI=1S/C14H15NO3S/c1-8-10-6-15(14(18)11(10)7-19-8)12-4-2-3-9(16)5-13(12)17/h7,12H,2-6H2,1H3. The van der Waals surface area contributed by atoms with Gasteiger partial charge in [0.05, 0.1) is 18.0 Å². The Balaban J connectivity index is 1.86. The molecule has 5 heteroatoms. The highest BCUT2D eigenvalue weighted by Gasteiger charge is 2.38. The minimum atomic E-state index is -0.407. The van der Waals surface area contributed by atoms with Crippen LogP contribution in [0.2, 0.25) is 0 Å². The van der Waals surface area contributed by atoms with E-state index in [9.17, 15) is 14.4 Å². The van der Waals surface area contributed by atoms with Crippen LogP contribution < -0.4 is 0 Å². The molecule has 0 N–H and O–H groups in total. The van der Waals surface area contributed by atoms with Gasteiger partial charge in [0.15, 0.2) is 5.78 Å². The summed E-state index contributed by atoms with van der Waals surface area (Å²) in [4.78, 5) is 38.7. The fourth-order valence-corrected chi connectivity index (χ4v) is 3.74. The van der Waals surface area contributed by atoms with E-state index in [4.69, 9.17) is 0 Å². The first-order chi connectivity index (χ1) is 9.08. The number of aryl methyl sites for hydroxylation is 1. The van der Waals surface area contributed by atoms with Gasteiger partial charge in [-0.15, -0.1) is 11.3 Å². The molecule has 1 unspecified atom stereocenters. The molecule has 1 aliphatic carbocycles. The third-order valence-electron chi connectivity index (χ3n) is 3.98. The Hall–Kier alpha value is -1.49. The number of hydrogen-bond donors (Lipinski definition) is 0. The van der Waals surface area contributed by atoms with Gasteiger partial charge in [-0.1, -0.05) is 0 Å². The average Bonchev–Trinajstić information content (AvgIpc) is 2.81. The van der Waals surface area contributed by atoms with Crippen LogP contribution in [0.4, 0.5) is 0 Å². The first kappa shape index (κ1) is 12.5. The van der Waals surface area contributed by atoms with Crippen molar-refractivity contribution in [3.63, 3.8) is 0 Å². The van der Waals surface area contributed by atoms with E-state index in [-0.39, 0.29) is 23.9 Å². The van der Waals surface area contributed by atoms with E-state index in [1.54, 1.807) is 16.2 Å². The summed E-state index contributed by atoms with van der Waals surface area (Å²) in [5.74, 6) is -0.140. The zero-order valence-corrected chi connectivity index (χ0v) is 11.6. The van der Waals surface area contributed by atoms with Crippen LogP contribution in [0.15, 0.2) is 5.38 Å². The number of fused-ring (bicyclic) bond motifs is 1.